The molecular formula is C17H15N3O3S. The topological polar surface area (TPSA) is 75.5 Å². The summed E-state index contributed by atoms with van der Waals surface area (Å²) < 4.78 is 5.97. The minimum atomic E-state index is -1.03. The fourth-order valence-corrected chi connectivity index (χ4v) is 3.59. The number of carbonyl (C=O) groups is 1. The number of carboxylic acid groups (broad SMARTS) is 1. The van der Waals surface area contributed by atoms with Crippen LogP contribution in [0, 0.1) is 0 Å². The Labute approximate surface area is 142 Å². The monoisotopic (exact) mass is 341 g/mol. The Morgan fingerprint density at radius 1 is 1.12 bits per heavy atom. The van der Waals surface area contributed by atoms with Crippen LogP contribution in [-0.4, -0.2) is 47.3 Å². The molecule has 0 aliphatic carbocycles. The normalized spacial score (nSPS) is 14.9. The number of rotatable bonds is 3. The van der Waals surface area contributed by atoms with Gasteiger partial charge in [0.05, 0.1) is 23.4 Å². The van der Waals surface area contributed by atoms with Crippen molar-refractivity contribution in [1.82, 2.24) is 9.97 Å². The molecule has 122 valence electrons. The second-order valence-electron chi connectivity index (χ2n) is 5.48. The number of aromatic nitrogens is 2. The third-order valence-electron chi connectivity index (χ3n) is 4.01. The zero-order valence-electron chi connectivity index (χ0n) is 12.8. The number of benzene rings is 1. The summed E-state index contributed by atoms with van der Waals surface area (Å²) in [6.07, 6.45) is 0. The first-order valence-corrected chi connectivity index (χ1v) is 8.52. The maximum atomic E-state index is 11.5. The first kappa shape index (κ1) is 15.0. The predicted molar refractivity (Wildman–Crippen MR) is 92.8 cm³/mol. The molecule has 1 aromatic carbocycles. The summed E-state index contributed by atoms with van der Waals surface area (Å²) in [5, 5.41) is 11.2. The van der Waals surface area contributed by atoms with Crippen molar-refractivity contribution in [3.05, 3.63) is 41.4 Å². The molecule has 0 saturated carbocycles. The van der Waals surface area contributed by atoms with Crippen LogP contribution in [0.4, 0.5) is 5.69 Å². The predicted octanol–water partition coefficient (Wildman–Crippen LogP) is 2.89. The van der Waals surface area contributed by atoms with E-state index in [9.17, 15) is 9.90 Å². The van der Waals surface area contributed by atoms with Crippen molar-refractivity contribution in [3.63, 3.8) is 0 Å². The van der Waals surface area contributed by atoms with Crippen molar-refractivity contribution in [2.75, 3.05) is 31.2 Å². The number of carboxylic acids is 1. The fourth-order valence-electron chi connectivity index (χ4n) is 2.78. The largest absolute Gasteiger partial charge is 0.476 e. The van der Waals surface area contributed by atoms with Gasteiger partial charge >= 0.3 is 5.97 Å². The number of fused-ring (bicyclic) bond motifs is 1. The summed E-state index contributed by atoms with van der Waals surface area (Å²) in [6.45, 7) is 3.23. The van der Waals surface area contributed by atoms with E-state index in [4.69, 9.17) is 4.74 Å². The first-order chi connectivity index (χ1) is 11.7. The van der Waals surface area contributed by atoms with Gasteiger partial charge in [-0.25, -0.2) is 14.8 Å². The molecule has 0 atom stereocenters. The van der Waals surface area contributed by atoms with E-state index < -0.39 is 5.97 Å². The van der Waals surface area contributed by atoms with Crippen LogP contribution in [0.2, 0.25) is 0 Å². The third-order valence-corrected chi connectivity index (χ3v) is 4.92. The minimum Gasteiger partial charge on any atom is -0.476 e. The summed E-state index contributed by atoms with van der Waals surface area (Å²) in [7, 11) is 0. The van der Waals surface area contributed by atoms with Crippen molar-refractivity contribution in [2.24, 2.45) is 0 Å². The molecule has 7 heteroatoms. The smallest absolute Gasteiger partial charge is 0.356 e. The standard InChI is InChI=1S/C17H15N3O3S/c21-17(22)14-15-13(5-10-24-15)18-16(19-14)11-1-3-12(4-2-11)20-6-8-23-9-7-20/h1-5,10H,6-9H2,(H,21,22). The van der Waals surface area contributed by atoms with Crippen LogP contribution in [-0.2, 0) is 4.74 Å². The molecular weight excluding hydrogens is 326 g/mol. The van der Waals surface area contributed by atoms with Crippen LogP contribution >= 0.6 is 11.3 Å². The molecule has 0 unspecified atom stereocenters. The molecule has 1 saturated heterocycles. The molecule has 3 aromatic rings. The van der Waals surface area contributed by atoms with Crippen molar-refractivity contribution in [2.45, 2.75) is 0 Å². The van der Waals surface area contributed by atoms with Gasteiger partial charge in [0.15, 0.2) is 11.5 Å². The van der Waals surface area contributed by atoms with E-state index in [2.05, 4.69) is 14.9 Å². The Balaban J connectivity index is 1.70. The van der Waals surface area contributed by atoms with Crippen LogP contribution in [0.3, 0.4) is 0 Å². The molecule has 24 heavy (non-hydrogen) atoms. The minimum absolute atomic E-state index is 0.0576. The summed E-state index contributed by atoms with van der Waals surface area (Å²) in [5.41, 5.74) is 2.65. The third kappa shape index (κ3) is 2.72. The Kier molecular flexibility index (Phi) is 3.87. The van der Waals surface area contributed by atoms with Gasteiger partial charge in [-0.2, -0.15) is 0 Å². The number of anilines is 1. The van der Waals surface area contributed by atoms with Crippen LogP contribution in [0.25, 0.3) is 21.6 Å². The lowest BCUT2D eigenvalue weighted by atomic mass is 10.1. The van der Waals surface area contributed by atoms with E-state index in [1.54, 1.807) is 0 Å². The quantitative estimate of drug-likeness (QED) is 0.789. The highest BCUT2D eigenvalue weighted by Gasteiger charge is 2.16. The molecule has 6 nitrogen and oxygen atoms in total. The van der Waals surface area contributed by atoms with E-state index in [0.717, 1.165) is 37.6 Å². The van der Waals surface area contributed by atoms with E-state index in [1.165, 1.54) is 11.3 Å². The Hall–Kier alpha value is -2.51. The van der Waals surface area contributed by atoms with Crippen molar-refractivity contribution in [1.29, 1.82) is 0 Å². The van der Waals surface area contributed by atoms with Gasteiger partial charge in [0.1, 0.15) is 0 Å². The zero-order valence-corrected chi connectivity index (χ0v) is 13.6. The summed E-state index contributed by atoms with van der Waals surface area (Å²) in [5.74, 6) is -0.595. The van der Waals surface area contributed by atoms with Crippen molar-refractivity contribution < 1.29 is 14.6 Å². The molecule has 4 rings (SSSR count). The summed E-state index contributed by atoms with van der Waals surface area (Å²) in [4.78, 5) is 22.5. The molecule has 0 amide bonds. The number of aromatic carboxylic acids is 1. The number of morpholine rings is 1. The molecule has 1 aliphatic rings. The van der Waals surface area contributed by atoms with Gasteiger partial charge in [-0.1, -0.05) is 0 Å². The molecule has 2 aromatic heterocycles. The summed E-state index contributed by atoms with van der Waals surface area (Å²) >= 11 is 1.34. The Morgan fingerprint density at radius 3 is 2.58 bits per heavy atom. The number of thiophene rings is 1. The average Bonchev–Trinajstić information content (AvgIpc) is 3.10. The Bertz CT molecular complexity index is 886. The summed E-state index contributed by atoms with van der Waals surface area (Å²) in [6, 6.07) is 9.72. The first-order valence-electron chi connectivity index (χ1n) is 7.64. The fraction of sp³-hybridized carbons (Fsp3) is 0.235. The van der Waals surface area contributed by atoms with Crippen LogP contribution < -0.4 is 4.90 Å². The van der Waals surface area contributed by atoms with Gasteiger partial charge < -0.3 is 14.7 Å². The van der Waals surface area contributed by atoms with Crippen molar-refractivity contribution in [3.8, 4) is 11.4 Å². The molecule has 1 aliphatic heterocycles. The molecule has 0 bridgehead atoms. The van der Waals surface area contributed by atoms with E-state index in [0.29, 0.717) is 16.0 Å². The highest BCUT2D eigenvalue weighted by Crippen LogP contribution is 2.27. The maximum Gasteiger partial charge on any atom is 0.356 e. The molecule has 0 radical (unpaired) electrons. The lowest BCUT2D eigenvalue weighted by molar-refractivity contribution is 0.0693. The van der Waals surface area contributed by atoms with Gasteiger partial charge in [-0.15, -0.1) is 11.3 Å². The van der Waals surface area contributed by atoms with Crippen molar-refractivity contribution >= 4 is 33.2 Å². The van der Waals surface area contributed by atoms with Crippen LogP contribution in [0.1, 0.15) is 10.5 Å². The molecule has 1 fully saturated rings. The van der Waals surface area contributed by atoms with E-state index in [1.807, 2.05) is 35.7 Å². The highest BCUT2D eigenvalue weighted by molar-refractivity contribution is 7.17. The van der Waals surface area contributed by atoms with E-state index in [-0.39, 0.29) is 5.69 Å². The van der Waals surface area contributed by atoms with Gasteiger partial charge in [0, 0.05) is 24.3 Å². The number of hydrogen-bond acceptors (Lipinski definition) is 6. The average molecular weight is 341 g/mol. The lowest BCUT2D eigenvalue weighted by Crippen LogP contribution is -2.36. The second-order valence-corrected chi connectivity index (χ2v) is 6.40. The van der Waals surface area contributed by atoms with Gasteiger partial charge in [0.2, 0.25) is 0 Å². The van der Waals surface area contributed by atoms with Gasteiger partial charge in [-0.3, -0.25) is 0 Å². The molecule has 3 heterocycles. The number of nitrogens with zero attached hydrogens (tertiary/aromatic N) is 3. The number of hydrogen-bond donors (Lipinski definition) is 1. The van der Waals surface area contributed by atoms with Crippen LogP contribution in [0.5, 0.6) is 0 Å². The Morgan fingerprint density at radius 2 is 1.88 bits per heavy atom. The number of ether oxygens (including phenoxy) is 1. The second kappa shape index (κ2) is 6.18. The SMILES string of the molecule is O=C(O)c1nc(-c2ccc(N3CCOCC3)cc2)nc2ccsc12. The maximum absolute atomic E-state index is 11.5. The van der Waals surface area contributed by atoms with Gasteiger partial charge in [0.25, 0.3) is 0 Å². The highest BCUT2D eigenvalue weighted by atomic mass is 32.1. The molecule has 0 spiro atoms. The molecule has 1 N–H and O–H groups in total. The van der Waals surface area contributed by atoms with Crippen LogP contribution in [0.15, 0.2) is 35.7 Å². The zero-order chi connectivity index (χ0) is 16.5. The van der Waals surface area contributed by atoms with Gasteiger partial charge in [-0.05, 0) is 35.7 Å². The lowest BCUT2D eigenvalue weighted by Gasteiger charge is -2.28. The van der Waals surface area contributed by atoms with E-state index >= 15 is 0 Å².